The van der Waals surface area contributed by atoms with Crippen LogP contribution in [0.25, 0.3) is 11.1 Å². The molecule has 0 bridgehead atoms. The lowest BCUT2D eigenvalue weighted by Gasteiger charge is -2.00. The molecule has 1 heterocycles. The van der Waals surface area contributed by atoms with E-state index in [2.05, 4.69) is 4.98 Å². The maximum absolute atomic E-state index is 9.59. The van der Waals surface area contributed by atoms with E-state index in [4.69, 9.17) is 9.15 Å². The Morgan fingerprint density at radius 1 is 1.06 bits per heavy atom. The molecule has 4 nitrogen and oxygen atoms in total. The van der Waals surface area contributed by atoms with Crippen molar-refractivity contribution in [1.82, 2.24) is 4.98 Å². The number of para-hydroxylation sites is 1. The van der Waals surface area contributed by atoms with Gasteiger partial charge < -0.3 is 14.3 Å². The van der Waals surface area contributed by atoms with Crippen LogP contribution in [-0.2, 0) is 6.61 Å². The van der Waals surface area contributed by atoms with Gasteiger partial charge in [-0.2, -0.15) is 4.98 Å². The number of nitrogens with zero attached hydrogens (tertiary/aromatic N) is 1. The summed E-state index contributed by atoms with van der Waals surface area (Å²) >= 11 is 0. The second kappa shape index (κ2) is 4.41. The Kier molecular flexibility index (Phi) is 2.61. The number of hydrogen-bond acceptors (Lipinski definition) is 4. The molecule has 18 heavy (non-hydrogen) atoms. The average molecular weight is 241 g/mol. The van der Waals surface area contributed by atoms with E-state index >= 15 is 0 Å². The summed E-state index contributed by atoms with van der Waals surface area (Å²) in [5.74, 6) is 0.0887. The van der Waals surface area contributed by atoms with Gasteiger partial charge in [-0.1, -0.05) is 36.4 Å². The van der Waals surface area contributed by atoms with Crippen molar-refractivity contribution in [3.05, 3.63) is 54.1 Å². The fourth-order valence-electron chi connectivity index (χ4n) is 1.69. The van der Waals surface area contributed by atoms with Crippen LogP contribution in [0, 0.1) is 0 Å². The number of fused-ring (bicyclic) bond motifs is 1. The first-order valence-electron chi connectivity index (χ1n) is 5.58. The van der Waals surface area contributed by atoms with Crippen LogP contribution in [0.4, 0.5) is 0 Å². The largest absolute Gasteiger partial charge is 0.506 e. The molecule has 3 aromatic rings. The summed E-state index contributed by atoms with van der Waals surface area (Å²) in [6.07, 6.45) is 0.162. The lowest BCUT2D eigenvalue weighted by molar-refractivity contribution is 0.226. The van der Waals surface area contributed by atoms with Gasteiger partial charge in [0.05, 0.1) is 0 Å². The van der Waals surface area contributed by atoms with Gasteiger partial charge in [-0.05, 0) is 17.7 Å². The molecule has 90 valence electrons. The Hall–Kier alpha value is -2.49. The van der Waals surface area contributed by atoms with Gasteiger partial charge in [0.1, 0.15) is 12.4 Å². The first-order valence-corrected chi connectivity index (χ1v) is 5.58. The number of aromatic hydroxyl groups is 1. The van der Waals surface area contributed by atoms with Crippen LogP contribution in [0.2, 0.25) is 0 Å². The Labute approximate surface area is 103 Å². The van der Waals surface area contributed by atoms with E-state index in [-0.39, 0.29) is 11.8 Å². The zero-order valence-corrected chi connectivity index (χ0v) is 9.54. The highest BCUT2D eigenvalue weighted by Gasteiger charge is 2.09. The minimum atomic E-state index is 0.0887. The molecule has 0 aliphatic heterocycles. The van der Waals surface area contributed by atoms with E-state index in [1.165, 1.54) is 0 Å². The van der Waals surface area contributed by atoms with Gasteiger partial charge in [0.15, 0.2) is 11.1 Å². The van der Waals surface area contributed by atoms with E-state index in [0.717, 1.165) is 5.56 Å². The van der Waals surface area contributed by atoms with Crippen molar-refractivity contribution in [2.75, 3.05) is 0 Å². The van der Waals surface area contributed by atoms with Crippen LogP contribution < -0.4 is 4.74 Å². The number of hydrogen-bond donors (Lipinski definition) is 1. The fraction of sp³-hybridized carbons (Fsp3) is 0.0714. The van der Waals surface area contributed by atoms with Crippen LogP contribution in [0.3, 0.4) is 0 Å². The van der Waals surface area contributed by atoms with Crippen LogP contribution in [-0.4, -0.2) is 10.1 Å². The summed E-state index contributed by atoms with van der Waals surface area (Å²) < 4.78 is 10.8. The van der Waals surface area contributed by atoms with Crippen LogP contribution in [0.5, 0.6) is 11.8 Å². The Morgan fingerprint density at radius 3 is 2.67 bits per heavy atom. The maximum atomic E-state index is 9.59. The third kappa shape index (κ3) is 2.00. The highest BCUT2D eigenvalue weighted by atomic mass is 16.6. The van der Waals surface area contributed by atoms with Gasteiger partial charge in [-0.15, -0.1) is 0 Å². The number of aromatic nitrogens is 1. The molecule has 0 aliphatic rings. The third-order valence-corrected chi connectivity index (χ3v) is 2.58. The topological polar surface area (TPSA) is 55.5 Å². The van der Waals surface area contributed by atoms with Crippen molar-refractivity contribution in [2.24, 2.45) is 0 Å². The number of oxazole rings is 1. The fourth-order valence-corrected chi connectivity index (χ4v) is 1.69. The summed E-state index contributed by atoms with van der Waals surface area (Å²) in [4.78, 5) is 4.09. The molecule has 0 atom stereocenters. The van der Waals surface area contributed by atoms with E-state index in [1.54, 1.807) is 18.2 Å². The van der Waals surface area contributed by atoms with Crippen molar-refractivity contribution in [3.63, 3.8) is 0 Å². The molecule has 2 aromatic carbocycles. The standard InChI is InChI=1S/C14H11NO3/c16-11-7-4-8-12-13(11)15-14(18-12)17-9-10-5-2-1-3-6-10/h1-8,16H,9H2. The predicted octanol–water partition coefficient (Wildman–Crippen LogP) is 3.11. The zero-order chi connectivity index (χ0) is 12.4. The first-order chi connectivity index (χ1) is 8.83. The summed E-state index contributed by atoms with van der Waals surface area (Å²) in [7, 11) is 0. The molecule has 0 amide bonds. The summed E-state index contributed by atoms with van der Waals surface area (Å²) in [6, 6.07) is 14.7. The molecule has 0 saturated heterocycles. The Morgan fingerprint density at radius 2 is 1.89 bits per heavy atom. The first kappa shape index (κ1) is 10.7. The highest BCUT2D eigenvalue weighted by molar-refractivity contribution is 5.79. The van der Waals surface area contributed by atoms with Gasteiger partial charge >= 0.3 is 6.08 Å². The lowest BCUT2D eigenvalue weighted by atomic mass is 10.2. The molecule has 0 fully saturated rings. The van der Waals surface area contributed by atoms with Gasteiger partial charge in [-0.25, -0.2) is 0 Å². The molecule has 0 unspecified atom stereocenters. The number of ether oxygens (including phenoxy) is 1. The molecule has 3 rings (SSSR count). The van der Waals surface area contributed by atoms with Crippen molar-refractivity contribution in [3.8, 4) is 11.8 Å². The predicted molar refractivity (Wildman–Crippen MR) is 66.4 cm³/mol. The van der Waals surface area contributed by atoms with Gasteiger partial charge in [-0.3, -0.25) is 0 Å². The normalized spacial score (nSPS) is 10.7. The van der Waals surface area contributed by atoms with E-state index in [0.29, 0.717) is 17.7 Å². The molecule has 0 spiro atoms. The van der Waals surface area contributed by atoms with E-state index in [1.807, 2.05) is 30.3 Å². The summed E-state index contributed by atoms with van der Waals surface area (Å²) in [5, 5.41) is 9.59. The maximum Gasteiger partial charge on any atom is 0.395 e. The second-order valence-electron chi connectivity index (χ2n) is 3.88. The SMILES string of the molecule is Oc1cccc2oc(OCc3ccccc3)nc12. The molecule has 0 aliphatic carbocycles. The number of phenolic OH excluding ortho intramolecular Hbond substituents is 1. The Bertz CT molecular complexity index is 661. The van der Waals surface area contributed by atoms with Crippen molar-refractivity contribution in [2.45, 2.75) is 6.61 Å². The molecular formula is C14H11NO3. The van der Waals surface area contributed by atoms with Crippen molar-refractivity contribution < 1.29 is 14.3 Å². The Balaban J connectivity index is 1.81. The lowest BCUT2D eigenvalue weighted by Crippen LogP contribution is -1.94. The molecule has 1 N–H and O–H groups in total. The molecular weight excluding hydrogens is 230 g/mol. The van der Waals surface area contributed by atoms with Crippen LogP contribution in [0.15, 0.2) is 52.9 Å². The third-order valence-electron chi connectivity index (χ3n) is 2.58. The van der Waals surface area contributed by atoms with Crippen LogP contribution >= 0.6 is 0 Å². The van der Waals surface area contributed by atoms with Crippen LogP contribution in [0.1, 0.15) is 5.56 Å². The van der Waals surface area contributed by atoms with E-state index in [9.17, 15) is 5.11 Å². The number of rotatable bonds is 3. The smallest absolute Gasteiger partial charge is 0.395 e. The highest BCUT2D eigenvalue weighted by Crippen LogP contribution is 2.27. The molecule has 0 saturated carbocycles. The monoisotopic (exact) mass is 241 g/mol. The van der Waals surface area contributed by atoms with Crippen molar-refractivity contribution in [1.29, 1.82) is 0 Å². The quantitative estimate of drug-likeness (QED) is 0.765. The summed E-state index contributed by atoms with van der Waals surface area (Å²) in [5.41, 5.74) is 1.96. The minimum absolute atomic E-state index is 0.0887. The second-order valence-corrected chi connectivity index (χ2v) is 3.88. The van der Waals surface area contributed by atoms with Gasteiger partial charge in [0, 0.05) is 0 Å². The summed E-state index contributed by atoms with van der Waals surface area (Å²) in [6.45, 7) is 0.383. The molecule has 0 radical (unpaired) electrons. The molecule has 1 aromatic heterocycles. The zero-order valence-electron chi connectivity index (χ0n) is 9.54. The molecule has 4 heteroatoms. The van der Waals surface area contributed by atoms with Gasteiger partial charge in [0.2, 0.25) is 0 Å². The minimum Gasteiger partial charge on any atom is -0.506 e. The van der Waals surface area contributed by atoms with Gasteiger partial charge in [0.25, 0.3) is 0 Å². The average Bonchev–Trinajstić information content (AvgIpc) is 2.82. The number of benzene rings is 2. The number of phenols is 1. The van der Waals surface area contributed by atoms with E-state index < -0.39 is 0 Å². The van der Waals surface area contributed by atoms with Crippen molar-refractivity contribution >= 4 is 11.1 Å².